The molecule has 1 heterocycles. The zero-order chi connectivity index (χ0) is 10.4. The highest BCUT2D eigenvalue weighted by Gasteiger charge is 2.21. The number of rotatable bonds is 8. The van der Waals surface area contributed by atoms with Crippen molar-refractivity contribution in [2.75, 3.05) is 19.8 Å². The van der Waals surface area contributed by atoms with Crippen molar-refractivity contribution < 1.29 is 9.47 Å². The van der Waals surface area contributed by atoms with Crippen LogP contribution in [0.15, 0.2) is 0 Å². The summed E-state index contributed by atoms with van der Waals surface area (Å²) in [5, 5.41) is 0. The van der Waals surface area contributed by atoms with Crippen LogP contribution in [0.5, 0.6) is 0 Å². The summed E-state index contributed by atoms with van der Waals surface area (Å²) in [6, 6.07) is 1.46. The van der Waals surface area contributed by atoms with E-state index in [9.17, 15) is 0 Å². The molecule has 1 saturated heterocycles. The minimum absolute atomic E-state index is 0.428. The van der Waals surface area contributed by atoms with E-state index in [1.807, 2.05) is 0 Å². The molecular weight excluding hydrogens is 192 g/mol. The molecule has 0 aromatic carbocycles. The van der Waals surface area contributed by atoms with E-state index in [1.54, 1.807) is 0 Å². The van der Waals surface area contributed by atoms with Gasteiger partial charge in [0.05, 0.1) is 13.2 Å². The average Bonchev–Trinajstić information content (AvgIpc) is 2.84. The Labute approximate surface area is 89.0 Å². The number of epoxide rings is 1. The van der Waals surface area contributed by atoms with Crippen molar-refractivity contribution in [3.63, 3.8) is 0 Å². The van der Waals surface area contributed by atoms with Crippen LogP contribution in [0.3, 0.4) is 0 Å². The third kappa shape index (κ3) is 7.53. The van der Waals surface area contributed by atoms with Crippen molar-refractivity contribution in [3.05, 3.63) is 0 Å². The summed E-state index contributed by atoms with van der Waals surface area (Å²) >= 11 is 0. The Balaban J connectivity index is 1.75. The fourth-order valence-corrected chi connectivity index (χ4v) is 2.73. The Morgan fingerprint density at radius 1 is 1.21 bits per heavy atom. The van der Waals surface area contributed by atoms with Gasteiger partial charge in [-0.05, 0) is 6.42 Å². The van der Waals surface area contributed by atoms with Crippen LogP contribution in [0, 0.1) is 0 Å². The molecule has 14 heavy (non-hydrogen) atoms. The lowest BCUT2D eigenvalue weighted by Crippen LogP contribution is -2.18. The minimum Gasteiger partial charge on any atom is -0.379 e. The van der Waals surface area contributed by atoms with Gasteiger partial charge >= 0.3 is 0 Å². The normalized spacial score (nSPS) is 21.2. The van der Waals surface area contributed by atoms with Crippen LogP contribution in [0.25, 0.3) is 0 Å². The SMILES string of the molecule is C[Si](C)(C)CCCCCOCC1CO1. The largest absolute Gasteiger partial charge is 0.379 e. The van der Waals surface area contributed by atoms with Crippen LogP contribution < -0.4 is 0 Å². The molecule has 1 fully saturated rings. The van der Waals surface area contributed by atoms with E-state index >= 15 is 0 Å². The number of hydrogen-bond acceptors (Lipinski definition) is 2. The fourth-order valence-electron chi connectivity index (χ4n) is 1.42. The van der Waals surface area contributed by atoms with E-state index in [2.05, 4.69) is 19.6 Å². The van der Waals surface area contributed by atoms with E-state index < -0.39 is 8.07 Å². The zero-order valence-corrected chi connectivity index (χ0v) is 10.8. The minimum atomic E-state index is -0.794. The second kappa shape index (κ2) is 5.88. The summed E-state index contributed by atoms with van der Waals surface area (Å²) in [7, 11) is -0.794. The molecule has 0 aliphatic carbocycles. The van der Waals surface area contributed by atoms with Gasteiger partial charge in [0.2, 0.25) is 0 Å². The lowest BCUT2D eigenvalue weighted by molar-refractivity contribution is 0.113. The monoisotopic (exact) mass is 216 g/mol. The topological polar surface area (TPSA) is 21.8 Å². The first-order valence-corrected chi connectivity index (χ1v) is 9.48. The molecule has 0 aromatic rings. The van der Waals surface area contributed by atoms with Crippen LogP contribution in [-0.2, 0) is 9.47 Å². The Hall–Kier alpha value is 0.137. The first kappa shape index (κ1) is 12.2. The van der Waals surface area contributed by atoms with Crippen LogP contribution >= 0.6 is 0 Å². The zero-order valence-electron chi connectivity index (χ0n) is 9.84. The molecule has 1 atom stereocenters. The summed E-state index contributed by atoms with van der Waals surface area (Å²) in [5.41, 5.74) is 0. The third-order valence-corrected chi connectivity index (χ3v) is 4.28. The van der Waals surface area contributed by atoms with Crippen molar-refractivity contribution >= 4 is 8.07 Å². The summed E-state index contributed by atoms with van der Waals surface area (Å²) in [5.74, 6) is 0. The molecule has 3 heteroatoms. The third-order valence-electron chi connectivity index (χ3n) is 2.42. The first-order valence-electron chi connectivity index (χ1n) is 5.77. The molecule has 0 radical (unpaired) electrons. The molecule has 0 bridgehead atoms. The summed E-state index contributed by atoms with van der Waals surface area (Å²) in [6.45, 7) is 9.96. The molecule has 0 amide bonds. The Morgan fingerprint density at radius 2 is 1.93 bits per heavy atom. The Morgan fingerprint density at radius 3 is 2.50 bits per heavy atom. The van der Waals surface area contributed by atoms with E-state index in [0.29, 0.717) is 6.10 Å². The molecule has 0 N–H and O–H groups in total. The van der Waals surface area contributed by atoms with Gasteiger partial charge in [0.25, 0.3) is 0 Å². The van der Waals surface area contributed by atoms with Crippen molar-refractivity contribution in [1.82, 2.24) is 0 Å². The van der Waals surface area contributed by atoms with Crippen molar-refractivity contribution in [2.45, 2.75) is 51.1 Å². The average molecular weight is 216 g/mol. The maximum atomic E-state index is 5.48. The van der Waals surface area contributed by atoms with Gasteiger partial charge in [0.1, 0.15) is 6.10 Å². The van der Waals surface area contributed by atoms with Crippen LogP contribution in [-0.4, -0.2) is 34.0 Å². The van der Waals surface area contributed by atoms with Gasteiger partial charge in [0, 0.05) is 14.7 Å². The second-order valence-corrected chi connectivity index (χ2v) is 11.0. The molecule has 1 rings (SSSR count). The highest BCUT2D eigenvalue weighted by atomic mass is 28.3. The molecule has 1 unspecified atom stereocenters. The Kier molecular flexibility index (Phi) is 5.13. The van der Waals surface area contributed by atoms with Gasteiger partial charge in [-0.15, -0.1) is 0 Å². The lowest BCUT2D eigenvalue weighted by Gasteiger charge is -2.14. The second-order valence-electron chi connectivity index (χ2n) is 5.40. The molecular formula is C11H24O2Si. The predicted octanol–water partition coefficient (Wildman–Crippen LogP) is 2.91. The van der Waals surface area contributed by atoms with Gasteiger partial charge in [-0.25, -0.2) is 0 Å². The maximum absolute atomic E-state index is 5.48. The van der Waals surface area contributed by atoms with Crippen molar-refractivity contribution in [1.29, 1.82) is 0 Å². The van der Waals surface area contributed by atoms with E-state index in [0.717, 1.165) is 19.8 Å². The van der Waals surface area contributed by atoms with Crippen LogP contribution in [0.2, 0.25) is 25.7 Å². The molecule has 0 aromatic heterocycles. The smallest absolute Gasteiger partial charge is 0.104 e. The van der Waals surface area contributed by atoms with Gasteiger partial charge in [-0.2, -0.15) is 0 Å². The molecule has 0 spiro atoms. The van der Waals surface area contributed by atoms with Gasteiger partial charge in [0.15, 0.2) is 0 Å². The van der Waals surface area contributed by atoms with Gasteiger partial charge in [-0.1, -0.05) is 38.5 Å². The quantitative estimate of drug-likeness (QED) is 0.353. The van der Waals surface area contributed by atoms with Crippen LogP contribution in [0.4, 0.5) is 0 Å². The fraction of sp³-hybridized carbons (Fsp3) is 1.00. The highest BCUT2D eigenvalue weighted by Crippen LogP contribution is 2.14. The maximum Gasteiger partial charge on any atom is 0.104 e. The van der Waals surface area contributed by atoms with Crippen molar-refractivity contribution in [3.8, 4) is 0 Å². The molecule has 2 nitrogen and oxygen atoms in total. The first-order chi connectivity index (χ1) is 6.58. The molecule has 1 aliphatic rings. The summed E-state index contributed by atoms with van der Waals surface area (Å²) in [6.07, 6.45) is 4.36. The summed E-state index contributed by atoms with van der Waals surface area (Å²) in [4.78, 5) is 0. The molecule has 1 aliphatic heterocycles. The standard InChI is InChI=1S/C11H24O2Si/c1-14(2,3)8-6-4-5-7-12-9-11-10-13-11/h11H,4-10H2,1-3H3. The van der Waals surface area contributed by atoms with Gasteiger partial charge in [-0.3, -0.25) is 0 Å². The summed E-state index contributed by atoms with van der Waals surface area (Å²) < 4.78 is 10.5. The Bertz CT molecular complexity index is 150. The van der Waals surface area contributed by atoms with E-state index in [1.165, 1.54) is 25.3 Å². The van der Waals surface area contributed by atoms with E-state index in [4.69, 9.17) is 9.47 Å². The molecule has 0 saturated carbocycles. The number of ether oxygens (including phenoxy) is 2. The highest BCUT2D eigenvalue weighted by molar-refractivity contribution is 6.76. The number of unbranched alkanes of at least 4 members (excludes halogenated alkanes) is 2. The predicted molar refractivity (Wildman–Crippen MR) is 62.6 cm³/mol. The van der Waals surface area contributed by atoms with E-state index in [-0.39, 0.29) is 0 Å². The number of hydrogen-bond donors (Lipinski definition) is 0. The van der Waals surface area contributed by atoms with Crippen molar-refractivity contribution in [2.24, 2.45) is 0 Å². The van der Waals surface area contributed by atoms with Gasteiger partial charge < -0.3 is 9.47 Å². The molecule has 84 valence electrons. The van der Waals surface area contributed by atoms with Crippen LogP contribution in [0.1, 0.15) is 19.3 Å². The lowest BCUT2D eigenvalue weighted by atomic mass is 10.3.